The van der Waals surface area contributed by atoms with Gasteiger partial charge >= 0.3 is 0 Å². The maximum atomic E-state index is 12.3. The largest absolute Gasteiger partial charge is 0.356 e. The van der Waals surface area contributed by atoms with E-state index in [0.29, 0.717) is 0 Å². The molecule has 0 saturated carbocycles. The molecule has 27 heavy (non-hydrogen) atoms. The highest BCUT2D eigenvalue weighted by Crippen LogP contribution is 2.36. The number of nitrogens with one attached hydrogen (secondary N) is 1. The van der Waals surface area contributed by atoms with E-state index in [2.05, 4.69) is 79.0 Å². The molecular formula is C25H21NO. The van der Waals surface area contributed by atoms with Crippen molar-refractivity contribution < 1.29 is 4.79 Å². The van der Waals surface area contributed by atoms with Crippen molar-refractivity contribution >= 4 is 33.0 Å². The zero-order chi connectivity index (χ0) is 18.8. The lowest BCUT2D eigenvalue weighted by Gasteiger charge is -2.16. The molecule has 2 nitrogen and oxygen atoms in total. The molecule has 0 aliphatic heterocycles. The van der Waals surface area contributed by atoms with Gasteiger partial charge in [0.1, 0.15) is 0 Å². The molecule has 0 aliphatic carbocycles. The lowest BCUT2D eigenvalue weighted by molar-refractivity contribution is -0.116. The molecule has 132 valence electrons. The summed E-state index contributed by atoms with van der Waals surface area (Å²) in [6.07, 6.45) is 1.71. The van der Waals surface area contributed by atoms with Gasteiger partial charge in [-0.15, -0.1) is 0 Å². The van der Waals surface area contributed by atoms with E-state index in [9.17, 15) is 4.79 Å². The minimum absolute atomic E-state index is 0.106. The molecule has 1 amide bonds. The van der Waals surface area contributed by atoms with Gasteiger partial charge in [-0.25, -0.2) is 0 Å². The third-order valence-electron chi connectivity index (χ3n) is 5.02. The van der Waals surface area contributed by atoms with E-state index < -0.39 is 0 Å². The van der Waals surface area contributed by atoms with Crippen LogP contribution in [0.5, 0.6) is 0 Å². The zero-order valence-corrected chi connectivity index (χ0v) is 15.5. The fourth-order valence-corrected chi connectivity index (χ4v) is 3.66. The lowest BCUT2D eigenvalue weighted by atomic mass is 9.88. The number of rotatable bonds is 3. The van der Waals surface area contributed by atoms with E-state index >= 15 is 0 Å². The summed E-state index contributed by atoms with van der Waals surface area (Å²) in [6, 6.07) is 27.2. The van der Waals surface area contributed by atoms with Crippen LogP contribution < -0.4 is 5.32 Å². The van der Waals surface area contributed by atoms with Crippen molar-refractivity contribution in [3.63, 3.8) is 0 Å². The smallest absolute Gasteiger partial charge is 0.244 e. The van der Waals surface area contributed by atoms with Crippen LogP contribution in [-0.4, -0.2) is 13.0 Å². The van der Waals surface area contributed by atoms with Crippen LogP contribution >= 0.6 is 0 Å². The quantitative estimate of drug-likeness (QED) is 0.384. The van der Waals surface area contributed by atoms with Crippen molar-refractivity contribution in [3.8, 4) is 0 Å². The van der Waals surface area contributed by atoms with Gasteiger partial charge in [0.05, 0.1) is 0 Å². The summed E-state index contributed by atoms with van der Waals surface area (Å²) in [7, 11) is 1.66. The second-order valence-electron chi connectivity index (χ2n) is 6.68. The van der Waals surface area contributed by atoms with Gasteiger partial charge in [0, 0.05) is 13.1 Å². The van der Waals surface area contributed by atoms with Crippen molar-refractivity contribution in [2.45, 2.75) is 6.92 Å². The summed E-state index contributed by atoms with van der Waals surface area (Å²) in [5, 5.41) is 7.46. The fourth-order valence-electron chi connectivity index (χ4n) is 3.66. The third-order valence-corrected chi connectivity index (χ3v) is 5.02. The van der Waals surface area contributed by atoms with Gasteiger partial charge in [0.2, 0.25) is 5.91 Å². The SMILES string of the molecule is CNC(=O)/C=C(\c1ccccc1C)c1cc2ccccc2c2ccccc12. The number of aryl methyl sites for hydroxylation is 1. The normalized spacial score (nSPS) is 11.7. The summed E-state index contributed by atoms with van der Waals surface area (Å²) in [5.41, 5.74) is 4.23. The number of hydrogen-bond donors (Lipinski definition) is 1. The van der Waals surface area contributed by atoms with Crippen LogP contribution in [0.3, 0.4) is 0 Å². The number of fused-ring (bicyclic) bond motifs is 3. The Morgan fingerprint density at radius 1 is 0.778 bits per heavy atom. The van der Waals surface area contributed by atoms with Crippen LogP contribution in [0.25, 0.3) is 27.1 Å². The molecule has 0 fully saturated rings. The molecule has 0 bridgehead atoms. The highest BCUT2D eigenvalue weighted by molar-refractivity contribution is 6.14. The van der Waals surface area contributed by atoms with Crippen LogP contribution in [0.4, 0.5) is 0 Å². The molecule has 0 spiro atoms. The number of carbonyl (C=O) groups excluding carboxylic acids is 1. The first-order valence-corrected chi connectivity index (χ1v) is 9.09. The van der Waals surface area contributed by atoms with Crippen molar-refractivity contribution in [2.24, 2.45) is 0 Å². The van der Waals surface area contributed by atoms with Crippen molar-refractivity contribution in [1.82, 2.24) is 5.32 Å². The van der Waals surface area contributed by atoms with Gasteiger partial charge in [-0.05, 0) is 56.8 Å². The molecule has 0 aromatic heterocycles. The average Bonchev–Trinajstić information content (AvgIpc) is 2.72. The number of hydrogen-bond acceptors (Lipinski definition) is 1. The Hall–Kier alpha value is -3.39. The van der Waals surface area contributed by atoms with Gasteiger partial charge in [0.25, 0.3) is 0 Å². The number of likely N-dealkylation sites (N-methyl/N-ethyl adjacent to an activating group) is 1. The topological polar surface area (TPSA) is 29.1 Å². The molecule has 0 radical (unpaired) electrons. The minimum atomic E-state index is -0.106. The molecular weight excluding hydrogens is 330 g/mol. The van der Waals surface area contributed by atoms with Crippen LogP contribution in [-0.2, 0) is 4.79 Å². The molecule has 0 aliphatic rings. The van der Waals surface area contributed by atoms with E-state index in [0.717, 1.165) is 27.6 Å². The summed E-state index contributed by atoms with van der Waals surface area (Å²) in [6.45, 7) is 2.08. The molecule has 4 rings (SSSR count). The Labute approximate surface area is 159 Å². The second kappa shape index (κ2) is 7.08. The van der Waals surface area contributed by atoms with Gasteiger partial charge in [-0.3, -0.25) is 4.79 Å². The van der Waals surface area contributed by atoms with Crippen molar-refractivity contribution in [2.75, 3.05) is 7.05 Å². The summed E-state index contributed by atoms with van der Waals surface area (Å²) < 4.78 is 0. The Balaban J connectivity index is 2.11. The predicted molar refractivity (Wildman–Crippen MR) is 114 cm³/mol. The van der Waals surface area contributed by atoms with E-state index in [1.165, 1.54) is 16.2 Å². The fraction of sp³-hybridized carbons (Fsp3) is 0.0800. The molecule has 2 heteroatoms. The van der Waals surface area contributed by atoms with Gasteiger partial charge in [-0.1, -0.05) is 72.8 Å². The summed E-state index contributed by atoms with van der Waals surface area (Å²) >= 11 is 0. The van der Waals surface area contributed by atoms with Crippen LogP contribution in [0.1, 0.15) is 16.7 Å². The summed E-state index contributed by atoms with van der Waals surface area (Å²) in [4.78, 5) is 12.3. The van der Waals surface area contributed by atoms with Crippen molar-refractivity contribution in [1.29, 1.82) is 0 Å². The van der Waals surface area contributed by atoms with E-state index in [1.807, 2.05) is 12.1 Å². The van der Waals surface area contributed by atoms with Crippen LogP contribution in [0.15, 0.2) is 84.9 Å². The molecule has 0 unspecified atom stereocenters. The van der Waals surface area contributed by atoms with Gasteiger partial charge in [0.15, 0.2) is 0 Å². The zero-order valence-electron chi connectivity index (χ0n) is 15.5. The first-order valence-electron chi connectivity index (χ1n) is 9.09. The van der Waals surface area contributed by atoms with Crippen LogP contribution in [0, 0.1) is 6.92 Å². The monoisotopic (exact) mass is 351 g/mol. The molecule has 0 atom stereocenters. The first-order chi connectivity index (χ1) is 13.2. The van der Waals surface area contributed by atoms with E-state index in [1.54, 1.807) is 13.1 Å². The minimum Gasteiger partial charge on any atom is -0.356 e. The molecule has 1 N–H and O–H groups in total. The Morgan fingerprint density at radius 2 is 1.41 bits per heavy atom. The third kappa shape index (κ3) is 3.11. The number of benzene rings is 4. The Kier molecular flexibility index (Phi) is 4.47. The predicted octanol–water partition coefficient (Wildman–Crippen LogP) is 5.48. The molecule has 4 aromatic carbocycles. The first kappa shape index (κ1) is 17.0. The standard InChI is InChI=1S/C25H21NO/c1-17-9-3-5-11-19(17)24(16-25(27)26-2)23-15-18-10-4-6-12-20(18)21-13-7-8-14-22(21)23/h3-16H,1-2H3,(H,26,27)/b24-16+. The van der Waals surface area contributed by atoms with Gasteiger partial charge < -0.3 is 5.32 Å². The highest BCUT2D eigenvalue weighted by Gasteiger charge is 2.14. The van der Waals surface area contributed by atoms with E-state index in [4.69, 9.17) is 0 Å². The average molecular weight is 351 g/mol. The Morgan fingerprint density at radius 3 is 2.15 bits per heavy atom. The lowest BCUT2D eigenvalue weighted by Crippen LogP contribution is -2.15. The van der Waals surface area contributed by atoms with Crippen molar-refractivity contribution in [3.05, 3.63) is 102 Å². The maximum absolute atomic E-state index is 12.3. The van der Waals surface area contributed by atoms with Gasteiger partial charge in [-0.2, -0.15) is 0 Å². The van der Waals surface area contributed by atoms with Crippen LogP contribution in [0.2, 0.25) is 0 Å². The highest BCUT2D eigenvalue weighted by atomic mass is 16.1. The molecule has 4 aromatic rings. The Bertz CT molecular complexity index is 1190. The number of carbonyl (C=O) groups is 1. The van der Waals surface area contributed by atoms with E-state index in [-0.39, 0.29) is 5.91 Å². The number of amides is 1. The maximum Gasteiger partial charge on any atom is 0.244 e. The molecule has 0 heterocycles. The molecule has 0 saturated heterocycles. The summed E-state index contributed by atoms with van der Waals surface area (Å²) in [5.74, 6) is -0.106. The second-order valence-corrected chi connectivity index (χ2v) is 6.68.